The molecule has 170 valence electrons. The highest BCUT2D eigenvalue weighted by Gasteiger charge is 2.30. The summed E-state index contributed by atoms with van der Waals surface area (Å²) in [5, 5.41) is 0.248. The van der Waals surface area contributed by atoms with Crippen LogP contribution in [-0.4, -0.2) is 68.6 Å². The number of Topliss-reactive ketones (excluding diaryl/α,β-unsaturated/α-hetero) is 1. The molecule has 0 aliphatic carbocycles. The van der Waals surface area contributed by atoms with E-state index in [0.717, 1.165) is 18.5 Å². The molecule has 2 aliphatic heterocycles. The first kappa shape index (κ1) is 22.8. The molecule has 0 spiro atoms. The molecule has 2 aromatic carbocycles. The predicted octanol–water partition coefficient (Wildman–Crippen LogP) is 3.29. The van der Waals surface area contributed by atoms with E-state index in [2.05, 4.69) is 4.90 Å². The molecular weight excluding hydrogens is 450 g/mol. The van der Waals surface area contributed by atoms with Crippen LogP contribution in [0.15, 0.2) is 47.4 Å². The zero-order chi connectivity index (χ0) is 22.9. The number of piperazine rings is 1. The van der Waals surface area contributed by atoms with E-state index >= 15 is 0 Å². The topological polar surface area (TPSA) is 78.0 Å². The Bertz CT molecular complexity index is 1120. The highest BCUT2D eigenvalue weighted by molar-refractivity contribution is 7.89. The minimum absolute atomic E-state index is 0.0258. The number of amides is 1. The van der Waals surface area contributed by atoms with Crippen molar-refractivity contribution in [3.8, 4) is 0 Å². The summed E-state index contributed by atoms with van der Waals surface area (Å²) in [5.74, 6) is -0.238. The van der Waals surface area contributed by atoms with Gasteiger partial charge in [0.1, 0.15) is 0 Å². The molecule has 32 heavy (non-hydrogen) atoms. The van der Waals surface area contributed by atoms with E-state index in [1.165, 1.54) is 29.4 Å². The van der Waals surface area contributed by atoms with Crippen molar-refractivity contribution in [2.24, 2.45) is 0 Å². The van der Waals surface area contributed by atoms with Gasteiger partial charge in [-0.3, -0.25) is 9.59 Å². The van der Waals surface area contributed by atoms with Crippen molar-refractivity contribution >= 4 is 39.0 Å². The Labute approximate surface area is 193 Å². The maximum Gasteiger partial charge on any atom is 0.255 e. The van der Waals surface area contributed by atoms with Gasteiger partial charge in [0.05, 0.1) is 15.5 Å². The lowest BCUT2D eigenvalue weighted by atomic mass is 10.1. The summed E-state index contributed by atoms with van der Waals surface area (Å²) in [6.07, 6.45) is 1.70. The molecule has 4 rings (SSSR count). The lowest BCUT2D eigenvalue weighted by molar-refractivity contribution is 0.0746. The Balaban J connectivity index is 1.46. The third kappa shape index (κ3) is 4.53. The largest absolute Gasteiger partial charge is 0.368 e. The smallest absolute Gasteiger partial charge is 0.255 e. The SMILES string of the molecule is CC(=O)c1ccc(N2CCN(C(=O)c3cc(S(=O)(=O)N4CCCC4)ccc3Cl)CC2)cc1. The average molecular weight is 476 g/mol. The normalized spacial score (nSPS) is 17.6. The van der Waals surface area contributed by atoms with Gasteiger partial charge in [-0.25, -0.2) is 8.42 Å². The molecule has 9 heteroatoms. The maximum atomic E-state index is 13.2. The number of ketones is 1. The molecule has 2 aliphatic rings. The first-order chi connectivity index (χ1) is 15.3. The summed E-state index contributed by atoms with van der Waals surface area (Å²) in [7, 11) is -3.62. The van der Waals surface area contributed by atoms with Gasteiger partial charge in [0.15, 0.2) is 5.78 Å². The van der Waals surface area contributed by atoms with Crippen molar-refractivity contribution in [1.29, 1.82) is 0 Å². The fraction of sp³-hybridized carbons (Fsp3) is 0.391. The van der Waals surface area contributed by atoms with Crippen LogP contribution < -0.4 is 4.90 Å². The van der Waals surface area contributed by atoms with Gasteiger partial charge in [-0.2, -0.15) is 4.31 Å². The van der Waals surface area contributed by atoms with E-state index in [0.29, 0.717) is 44.8 Å². The van der Waals surface area contributed by atoms with Gasteiger partial charge in [-0.05, 0) is 62.2 Å². The predicted molar refractivity (Wildman–Crippen MR) is 124 cm³/mol. The zero-order valence-electron chi connectivity index (χ0n) is 18.0. The number of halogens is 1. The number of carbonyl (C=O) groups is 2. The Morgan fingerprint density at radius 1 is 0.875 bits per heavy atom. The molecule has 0 unspecified atom stereocenters. The second-order valence-electron chi connectivity index (χ2n) is 8.14. The average Bonchev–Trinajstić information content (AvgIpc) is 3.35. The number of sulfonamides is 1. The van der Waals surface area contributed by atoms with Crippen molar-refractivity contribution in [3.05, 3.63) is 58.6 Å². The van der Waals surface area contributed by atoms with Crippen LogP contribution >= 0.6 is 11.6 Å². The first-order valence-corrected chi connectivity index (χ1v) is 12.5. The van der Waals surface area contributed by atoms with Crippen LogP contribution in [0.2, 0.25) is 5.02 Å². The molecule has 7 nitrogen and oxygen atoms in total. The molecule has 2 heterocycles. The third-order valence-electron chi connectivity index (χ3n) is 6.08. The number of hydrogen-bond donors (Lipinski definition) is 0. The van der Waals surface area contributed by atoms with Crippen molar-refractivity contribution in [1.82, 2.24) is 9.21 Å². The Hall–Kier alpha value is -2.42. The molecule has 0 radical (unpaired) electrons. The van der Waals surface area contributed by atoms with Gasteiger partial charge in [0.2, 0.25) is 10.0 Å². The summed E-state index contributed by atoms with van der Waals surface area (Å²) in [4.78, 5) is 28.6. The van der Waals surface area contributed by atoms with Crippen LogP contribution in [0.3, 0.4) is 0 Å². The quantitative estimate of drug-likeness (QED) is 0.620. The third-order valence-corrected chi connectivity index (χ3v) is 8.30. The molecule has 0 saturated carbocycles. The fourth-order valence-electron chi connectivity index (χ4n) is 4.15. The maximum absolute atomic E-state index is 13.2. The second-order valence-corrected chi connectivity index (χ2v) is 10.5. The molecule has 0 N–H and O–H groups in total. The van der Waals surface area contributed by atoms with E-state index in [4.69, 9.17) is 11.6 Å². The van der Waals surface area contributed by atoms with Crippen LogP contribution in [0.25, 0.3) is 0 Å². The summed E-state index contributed by atoms with van der Waals surface area (Å²) in [6.45, 7) is 4.80. The van der Waals surface area contributed by atoms with E-state index in [1.807, 2.05) is 12.1 Å². The number of hydrogen-bond acceptors (Lipinski definition) is 5. The highest BCUT2D eigenvalue weighted by Crippen LogP contribution is 2.27. The summed E-state index contributed by atoms with van der Waals surface area (Å²) in [6, 6.07) is 11.8. The van der Waals surface area contributed by atoms with E-state index in [1.54, 1.807) is 17.0 Å². The van der Waals surface area contributed by atoms with E-state index < -0.39 is 10.0 Å². The Kier molecular flexibility index (Phi) is 6.55. The number of carbonyl (C=O) groups excluding carboxylic acids is 2. The van der Waals surface area contributed by atoms with Gasteiger partial charge < -0.3 is 9.80 Å². The minimum atomic E-state index is -3.62. The number of benzene rings is 2. The van der Waals surface area contributed by atoms with Crippen LogP contribution in [0, 0.1) is 0 Å². The molecule has 0 aromatic heterocycles. The molecule has 0 atom stereocenters. The summed E-state index contributed by atoms with van der Waals surface area (Å²) in [5.41, 5.74) is 1.88. The molecule has 0 bridgehead atoms. The van der Waals surface area contributed by atoms with Crippen molar-refractivity contribution in [3.63, 3.8) is 0 Å². The monoisotopic (exact) mass is 475 g/mol. The Morgan fingerprint density at radius 3 is 2.09 bits per heavy atom. The highest BCUT2D eigenvalue weighted by atomic mass is 35.5. The van der Waals surface area contributed by atoms with Gasteiger partial charge in [0.25, 0.3) is 5.91 Å². The van der Waals surface area contributed by atoms with Gasteiger partial charge in [0, 0.05) is 50.5 Å². The van der Waals surface area contributed by atoms with Gasteiger partial charge >= 0.3 is 0 Å². The van der Waals surface area contributed by atoms with Crippen LogP contribution in [0.5, 0.6) is 0 Å². The summed E-state index contributed by atoms with van der Waals surface area (Å²) >= 11 is 6.29. The lowest BCUT2D eigenvalue weighted by Crippen LogP contribution is -2.48. The molecule has 2 aromatic rings. The summed E-state index contributed by atoms with van der Waals surface area (Å²) < 4.78 is 27.2. The van der Waals surface area contributed by atoms with Crippen LogP contribution in [0.1, 0.15) is 40.5 Å². The minimum Gasteiger partial charge on any atom is -0.368 e. The number of anilines is 1. The number of nitrogens with zero attached hydrogens (tertiary/aromatic N) is 3. The number of rotatable bonds is 5. The fourth-order valence-corrected chi connectivity index (χ4v) is 5.89. The van der Waals surface area contributed by atoms with E-state index in [-0.39, 0.29) is 27.2 Å². The standard InChI is InChI=1S/C23H26ClN3O4S/c1-17(28)18-4-6-19(7-5-18)25-12-14-26(15-13-25)23(29)21-16-20(8-9-22(21)24)32(30,31)27-10-2-3-11-27/h4-9,16H,2-3,10-15H2,1H3. The molecule has 2 saturated heterocycles. The van der Waals surface area contributed by atoms with Crippen molar-refractivity contribution in [2.75, 3.05) is 44.2 Å². The van der Waals surface area contributed by atoms with Crippen LogP contribution in [0.4, 0.5) is 5.69 Å². The van der Waals surface area contributed by atoms with Crippen molar-refractivity contribution in [2.45, 2.75) is 24.7 Å². The second kappa shape index (κ2) is 9.21. The molecule has 2 fully saturated rings. The van der Waals surface area contributed by atoms with E-state index in [9.17, 15) is 18.0 Å². The lowest BCUT2D eigenvalue weighted by Gasteiger charge is -2.36. The van der Waals surface area contributed by atoms with Gasteiger partial charge in [-0.15, -0.1) is 0 Å². The zero-order valence-corrected chi connectivity index (χ0v) is 19.5. The van der Waals surface area contributed by atoms with Gasteiger partial charge in [-0.1, -0.05) is 11.6 Å². The molecule has 1 amide bonds. The molecular formula is C23H26ClN3O4S. The van der Waals surface area contributed by atoms with Crippen LogP contribution in [-0.2, 0) is 10.0 Å². The Morgan fingerprint density at radius 2 is 1.50 bits per heavy atom. The van der Waals surface area contributed by atoms with Crippen molar-refractivity contribution < 1.29 is 18.0 Å². The first-order valence-electron chi connectivity index (χ1n) is 10.7.